The monoisotopic (exact) mass is 275 g/mol. The lowest BCUT2D eigenvalue weighted by Crippen LogP contribution is -2.35. The Morgan fingerprint density at radius 3 is 2.45 bits per heavy atom. The van der Waals surface area contributed by atoms with E-state index in [0.29, 0.717) is 12.0 Å². The van der Waals surface area contributed by atoms with Crippen LogP contribution in [0, 0.1) is 0 Å². The molecule has 1 aromatic carbocycles. The summed E-state index contributed by atoms with van der Waals surface area (Å²) >= 11 is 0. The van der Waals surface area contributed by atoms with Gasteiger partial charge in [0.05, 0.1) is 14.2 Å². The molecule has 1 atom stereocenters. The van der Waals surface area contributed by atoms with E-state index in [2.05, 4.69) is 17.4 Å². The molecule has 2 fully saturated rings. The van der Waals surface area contributed by atoms with Gasteiger partial charge in [0.1, 0.15) is 11.5 Å². The average Bonchev–Trinajstić information content (AvgIpc) is 3.32. The zero-order valence-corrected chi connectivity index (χ0v) is 12.6. The van der Waals surface area contributed by atoms with Crippen LogP contribution in [0.1, 0.15) is 49.1 Å². The van der Waals surface area contributed by atoms with E-state index in [0.717, 1.165) is 24.5 Å². The Kier molecular flexibility index (Phi) is 4.16. The van der Waals surface area contributed by atoms with Crippen LogP contribution in [0.15, 0.2) is 12.1 Å². The van der Waals surface area contributed by atoms with Crippen molar-refractivity contribution < 1.29 is 9.47 Å². The second-order valence-electron chi connectivity index (χ2n) is 6.03. The fourth-order valence-electron chi connectivity index (χ4n) is 3.22. The van der Waals surface area contributed by atoms with E-state index in [1.807, 2.05) is 0 Å². The summed E-state index contributed by atoms with van der Waals surface area (Å²) in [5.74, 6) is 2.75. The molecule has 0 amide bonds. The third kappa shape index (κ3) is 2.93. The molecule has 20 heavy (non-hydrogen) atoms. The van der Waals surface area contributed by atoms with Crippen LogP contribution < -0.4 is 14.8 Å². The van der Waals surface area contributed by atoms with E-state index in [4.69, 9.17) is 9.47 Å². The van der Waals surface area contributed by atoms with Gasteiger partial charge in [-0.25, -0.2) is 0 Å². The zero-order valence-electron chi connectivity index (χ0n) is 12.6. The van der Waals surface area contributed by atoms with Crippen molar-refractivity contribution >= 4 is 0 Å². The van der Waals surface area contributed by atoms with Crippen molar-refractivity contribution in [2.75, 3.05) is 20.8 Å². The van der Waals surface area contributed by atoms with E-state index in [1.165, 1.54) is 43.2 Å². The Hall–Kier alpha value is -1.22. The molecule has 2 aliphatic rings. The minimum atomic E-state index is 0.578. The van der Waals surface area contributed by atoms with Crippen LogP contribution in [0.25, 0.3) is 0 Å². The van der Waals surface area contributed by atoms with Gasteiger partial charge < -0.3 is 14.8 Å². The van der Waals surface area contributed by atoms with Crippen LogP contribution in [0.2, 0.25) is 0 Å². The second-order valence-corrected chi connectivity index (χ2v) is 6.03. The Morgan fingerprint density at radius 1 is 1.05 bits per heavy atom. The molecular weight excluding hydrogens is 250 g/mol. The smallest absolute Gasteiger partial charge is 0.122 e. The first-order valence-corrected chi connectivity index (χ1v) is 7.80. The van der Waals surface area contributed by atoms with Crippen molar-refractivity contribution in [3.05, 3.63) is 23.3 Å². The summed E-state index contributed by atoms with van der Waals surface area (Å²) in [7, 11) is 3.55. The standard InChI is InChI=1S/C17H25NO2/c1-19-16-11-15(12-6-7-12)17(20-2)10-13(16)9-14-5-3-4-8-18-14/h10-12,14,18H,3-9H2,1-2H3. The van der Waals surface area contributed by atoms with Crippen LogP contribution in [0.4, 0.5) is 0 Å². The molecule has 1 N–H and O–H groups in total. The molecule has 1 saturated heterocycles. The van der Waals surface area contributed by atoms with Gasteiger partial charge in [0.25, 0.3) is 0 Å². The van der Waals surface area contributed by atoms with Crippen molar-refractivity contribution in [1.29, 1.82) is 0 Å². The number of hydrogen-bond donors (Lipinski definition) is 1. The van der Waals surface area contributed by atoms with Gasteiger partial charge >= 0.3 is 0 Å². The average molecular weight is 275 g/mol. The Balaban J connectivity index is 1.84. The van der Waals surface area contributed by atoms with Gasteiger partial charge in [-0.3, -0.25) is 0 Å². The maximum absolute atomic E-state index is 5.62. The molecule has 0 aromatic heterocycles. The summed E-state index contributed by atoms with van der Waals surface area (Å²) in [4.78, 5) is 0. The molecule has 0 spiro atoms. The van der Waals surface area contributed by atoms with Gasteiger partial charge in [0.2, 0.25) is 0 Å². The second kappa shape index (κ2) is 6.04. The molecule has 1 heterocycles. The van der Waals surface area contributed by atoms with E-state index < -0.39 is 0 Å². The first-order valence-electron chi connectivity index (χ1n) is 7.80. The van der Waals surface area contributed by atoms with Crippen LogP contribution in [-0.4, -0.2) is 26.8 Å². The third-order valence-electron chi connectivity index (χ3n) is 4.53. The summed E-state index contributed by atoms with van der Waals surface area (Å²) in [5.41, 5.74) is 2.60. The van der Waals surface area contributed by atoms with Gasteiger partial charge in [-0.15, -0.1) is 0 Å². The van der Waals surface area contributed by atoms with Gasteiger partial charge in [-0.2, -0.15) is 0 Å². The molecule has 1 aliphatic carbocycles. The quantitative estimate of drug-likeness (QED) is 0.894. The molecule has 3 nitrogen and oxygen atoms in total. The lowest BCUT2D eigenvalue weighted by Gasteiger charge is -2.25. The minimum absolute atomic E-state index is 0.578. The lowest BCUT2D eigenvalue weighted by atomic mass is 9.95. The first-order chi connectivity index (χ1) is 9.81. The topological polar surface area (TPSA) is 30.5 Å². The van der Waals surface area contributed by atoms with E-state index in [-0.39, 0.29) is 0 Å². The zero-order chi connectivity index (χ0) is 13.9. The van der Waals surface area contributed by atoms with E-state index in [1.54, 1.807) is 14.2 Å². The summed E-state index contributed by atoms with van der Waals surface area (Å²) in [6, 6.07) is 4.98. The molecule has 1 aromatic rings. The minimum Gasteiger partial charge on any atom is -0.496 e. The number of ether oxygens (including phenoxy) is 2. The van der Waals surface area contributed by atoms with Gasteiger partial charge in [0, 0.05) is 11.6 Å². The van der Waals surface area contributed by atoms with Crippen LogP contribution in [-0.2, 0) is 6.42 Å². The van der Waals surface area contributed by atoms with Crippen molar-refractivity contribution in [2.45, 2.75) is 50.5 Å². The van der Waals surface area contributed by atoms with Crippen molar-refractivity contribution in [3.8, 4) is 11.5 Å². The third-order valence-corrected chi connectivity index (χ3v) is 4.53. The summed E-state index contributed by atoms with van der Waals surface area (Å²) < 4.78 is 11.2. The molecular formula is C17H25NO2. The number of methoxy groups -OCH3 is 2. The number of rotatable bonds is 5. The van der Waals surface area contributed by atoms with Crippen LogP contribution >= 0.6 is 0 Å². The first kappa shape index (κ1) is 13.7. The van der Waals surface area contributed by atoms with Gasteiger partial charge in [0.15, 0.2) is 0 Å². The molecule has 110 valence electrons. The summed E-state index contributed by atoms with van der Waals surface area (Å²) in [5, 5.41) is 3.61. The fourth-order valence-corrected chi connectivity index (χ4v) is 3.22. The van der Waals surface area contributed by atoms with Crippen molar-refractivity contribution in [2.24, 2.45) is 0 Å². The predicted molar refractivity (Wildman–Crippen MR) is 80.9 cm³/mol. The maximum atomic E-state index is 5.62. The molecule has 0 bridgehead atoms. The number of benzene rings is 1. The number of nitrogens with one attached hydrogen (secondary N) is 1. The lowest BCUT2D eigenvalue weighted by molar-refractivity contribution is 0.375. The highest BCUT2D eigenvalue weighted by molar-refractivity contribution is 5.49. The Labute approximate surface area is 121 Å². The fraction of sp³-hybridized carbons (Fsp3) is 0.647. The highest BCUT2D eigenvalue weighted by atomic mass is 16.5. The maximum Gasteiger partial charge on any atom is 0.122 e. The van der Waals surface area contributed by atoms with Crippen LogP contribution in [0.5, 0.6) is 11.5 Å². The Bertz CT molecular complexity index is 462. The van der Waals surface area contributed by atoms with Crippen LogP contribution in [0.3, 0.4) is 0 Å². The van der Waals surface area contributed by atoms with Gasteiger partial charge in [-0.05, 0) is 62.3 Å². The highest BCUT2D eigenvalue weighted by Gasteiger charge is 2.28. The Morgan fingerprint density at radius 2 is 1.85 bits per heavy atom. The molecule has 1 unspecified atom stereocenters. The normalized spacial score (nSPS) is 22.6. The van der Waals surface area contributed by atoms with Crippen molar-refractivity contribution in [1.82, 2.24) is 5.32 Å². The van der Waals surface area contributed by atoms with E-state index >= 15 is 0 Å². The SMILES string of the molecule is COc1cc(C2CC2)c(OC)cc1CC1CCCCN1. The van der Waals surface area contributed by atoms with Gasteiger partial charge in [-0.1, -0.05) is 6.42 Å². The number of piperidine rings is 1. The molecule has 1 saturated carbocycles. The highest BCUT2D eigenvalue weighted by Crippen LogP contribution is 2.46. The molecule has 1 aliphatic heterocycles. The molecule has 0 radical (unpaired) electrons. The molecule has 3 rings (SSSR count). The van der Waals surface area contributed by atoms with E-state index in [9.17, 15) is 0 Å². The predicted octanol–water partition coefficient (Wildman–Crippen LogP) is 3.27. The molecule has 3 heteroatoms. The summed E-state index contributed by atoms with van der Waals surface area (Å²) in [6.07, 6.45) is 7.49. The van der Waals surface area contributed by atoms with Crippen molar-refractivity contribution in [3.63, 3.8) is 0 Å². The largest absolute Gasteiger partial charge is 0.496 e. The summed E-state index contributed by atoms with van der Waals surface area (Å²) in [6.45, 7) is 1.14. The number of hydrogen-bond acceptors (Lipinski definition) is 3.